The second kappa shape index (κ2) is 7.57. The molecule has 0 atom stereocenters. The lowest BCUT2D eigenvalue weighted by atomic mass is 10.2. The Labute approximate surface area is 151 Å². The van der Waals surface area contributed by atoms with Crippen molar-refractivity contribution in [1.82, 2.24) is 5.32 Å². The lowest BCUT2D eigenvalue weighted by molar-refractivity contribution is -0.114. The number of amides is 2. The minimum absolute atomic E-state index is 0.106. The quantitative estimate of drug-likeness (QED) is 0.740. The molecule has 1 aliphatic carbocycles. The molecule has 0 saturated heterocycles. The second-order valence-corrected chi connectivity index (χ2v) is 6.60. The summed E-state index contributed by atoms with van der Waals surface area (Å²) in [5, 5.41) is 9.40. The van der Waals surface area contributed by atoms with Crippen LogP contribution in [0.4, 0.5) is 11.4 Å². The van der Waals surface area contributed by atoms with Gasteiger partial charge in [0.15, 0.2) is 0 Å². The fourth-order valence-electron chi connectivity index (χ4n) is 2.32. The second-order valence-electron chi connectivity index (χ2n) is 6.19. The Kier molecular flexibility index (Phi) is 5.24. The minimum Gasteiger partial charge on any atom is -0.376 e. The van der Waals surface area contributed by atoms with E-state index >= 15 is 0 Å². The van der Waals surface area contributed by atoms with Crippen molar-refractivity contribution in [3.8, 4) is 0 Å². The lowest BCUT2D eigenvalue weighted by Gasteiger charge is -2.10. The molecule has 3 N–H and O–H groups in total. The molecule has 1 saturated carbocycles. The summed E-state index contributed by atoms with van der Waals surface area (Å²) in [6.07, 6.45) is 2.08. The van der Waals surface area contributed by atoms with E-state index in [1.54, 1.807) is 30.3 Å². The van der Waals surface area contributed by atoms with Crippen molar-refractivity contribution in [2.24, 2.45) is 0 Å². The molecule has 2 aromatic carbocycles. The highest BCUT2D eigenvalue weighted by Gasteiger charge is 2.23. The summed E-state index contributed by atoms with van der Waals surface area (Å²) < 4.78 is 0. The van der Waals surface area contributed by atoms with Crippen LogP contribution in [0.1, 0.15) is 28.8 Å². The summed E-state index contributed by atoms with van der Waals surface area (Å²) in [5.74, 6) is -0.303. The zero-order valence-electron chi connectivity index (χ0n) is 13.9. The average molecular weight is 358 g/mol. The fourth-order valence-corrected chi connectivity index (χ4v) is 2.51. The fraction of sp³-hybridized carbons (Fsp3) is 0.263. The van der Waals surface area contributed by atoms with Crippen LogP contribution in [0.15, 0.2) is 42.5 Å². The number of rotatable bonds is 6. The molecule has 130 valence electrons. The van der Waals surface area contributed by atoms with E-state index in [1.807, 2.05) is 19.1 Å². The SMILES string of the molecule is Cc1ccc(NCC(=O)Nc2cccc(C(=O)NC3CC3)c2)cc1Cl. The molecule has 0 aromatic heterocycles. The zero-order valence-corrected chi connectivity index (χ0v) is 14.7. The Morgan fingerprint density at radius 1 is 1.12 bits per heavy atom. The van der Waals surface area contributed by atoms with E-state index in [1.165, 1.54) is 0 Å². The van der Waals surface area contributed by atoms with Gasteiger partial charge in [0.25, 0.3) is 5.91 Å². The first-order valence-corrected chi connectivity index (χ1v) is 8.60. The van der Waals surface area contributed by atoms with Crippen molar-refractivity contribution in [3.05, 3.63) is 58.6 Å². The highest BCUT2D eigenvalue weighted by Crippen LogP contribution is 2.21. The van der Waals surface area contributed by atoms with Gasteiger partial charge in [0, 0.05) is 28.0 Å². The lowest BCUT2D eigenvalue weighted by Crippen LogP contribution is -2.26. The average Bonchev–Trinajstić information content (AvgIpc) is 3.40. The first kappa shape index (κ1) is 17.3. The Morgan fingerprint density at radius 3 is 2.64 bits per heavy atom. The third kappa shape index (κ3) is 4.97. The number of halogens is 1. The third-order valence-corrected chi connectivity index (χ3v) is 4.35. The summed E-state index contributed by atoms with van der Waals surface area (Å²) >= 11 is 6.07. The molecule has 0 bridgehead atoms. The van der Waals surface area contributed by atoms with E-state index in [0.717, 1.165) is 24.1 Å². The third-order valence-electron chi connectivity index (χ3n) is 3.95. The van der Waals surface area contributed by atoms with Gasteiger partial charge in [-0.25, -0.2) is 0 Å². The first-order chi connectivity index (χ1) is 12.0. The maximum absolute atomic E-state index is 12.1. The summed E-state index contributed by atoms with van der Waals surface area (Å²) in [4.78, 5) is 24.2. The molecule has 5 nitrogen and oxygen atoms in total. The van der Waals surface area contributed by atoms with Gasteiger partial charge >= 0.3 is 0 Å². The van der Waals surface area contributed by atoms with Crippen LogP contribution in [0.5, 0.6) is 0 Å². The molecule has 0 spiro atoms. The molecule has 0 aliphatic heterocycles. The monoisotopic (exact) mass is 357 g/mol. The molecule has 25 heavy (non-hydrogen) atoms. The number of nitrogens with one attached hydrogen (secondary N) is 3. The maximum Gasteiger partial charge on any atom is 0.251 e. The molecule has 1 aliphatic rings. The zero-order chi connectivity index (χ0) is 17.8. The Balaban J connectivity index is 1.55. The van der Waals surface area contributed by atoms with E-state index in [9.17, 15) is 9.59 Å². The molecule has 3 rings (SSSR count). The van der Waals surface area contributed by atoms with Gasteiger partial charge in [-0.1, -0.05) is 23.7 Å². The molecule has 2 amide bonds. The standard InChI is InChI=1S/C19H20ClN3O2/c1-12-5-6-15(10-17(12)20)21-11-18(24)22-16-4-2-3-13(9-16)19(25)23-14-7-8-14/h2-6,9-10,14,21H,7-8,11H2,1H3,(H,22,24)(H,23,25). The predicted octanol–water partition coefficient (Wildman–Crippen LogP) is 3.59. The number of aryl methyl sites for hydroxylation is 1. The Bertz CT molecular complexity index is 803. The molecule has 2 aromatic rings. The normalized spacial score (nSPS) is 13.2. The van der Waals surface area contributed by atoms with Gasteiger partial charge < -0.3 is 16.0 Å². The van der Waals surface area contributed by atoms with Crippen molar-refractivity contribution in [1.29, 1.82) is 0 Å². The molecular weight excluding hydrogens is 338 g/mol. The van der Waals surface area contributed by atoms with Crippen LogP contribution >= 0.6 is 11.6 Å². The van der Waals surface area contributed by atoms with Gasteiger partial charge in [0.05, 0.1) is 6.54 Å². The highest BCUT2D eigenvalue weighted by atomic mass is 35.5. The number of anilines is 2. The highest BCUT2D eigenvalue weighted by molar-refractivity contribution is 6.31. The minimum atomic E-state index is -0.198. The van der Waals surface area contributed by atoms with Crippen molar-refractivity contribution < 1.29 is 9.59 Å². The van der Waals surface area contributed by atoms with E-state index < -0.39 is 0 Å². The summed E-state index contributed by atoms with van der Waals surface area (Å²) in [5.41, 5.74) is 2.90. The summed E-state index contributed by atoms with van der Waals surface area (Å²) in [7, 11) is 0. The van der Waals surface area contributed by atoms with E-state index in [0.29, 0.717) is 22.3 Å². The summed E-state index contributed by atoms with van der Waals surface area (Å²) in [6, 6.07) is 12.8. The van der Waals surface area contributed by atoms with Gasteiger partial charge in [-0.2, -0.15) is 0 Å². The molecule has 0 heterocycles. The van der Waals surface area contributed by atoms with E-state index in [4.69, 9.17) is 11.6 Å². The van der Waals surface area contributed by atoms with Gasteiger partial charge in [-0.15, -0.1) is 0 Å². The summed E-state index contributed by atoms with van der Waals surface area (Å²) in [6.45, 7) is 2.03. The van der Waals surface area contributed by atoms with Gasteiger partial charge in [-0.05, 0) is 55.7 Å². The number of carbonyl (C=O) groups is 2. The van der Waals surface area contributed by atoms with Gasteiger partial charge in [0.2, 0.25) is 5.91 Å². The molecular formula is C19H20ClN3O2. The van der Waals surface area contributed by atoms with Gasteiger partial charge in [0.1, 0.15) is 0 Å². The first-order valence-electron chi connectivity index (χ1n) is 8.22. The Hall–Kier alpha value is -2.53. The number of benzene rings is 2. The maximum atomic E-state index is 12.1. The van der Waals surface area contributed by atoms with E-state index in [-0.39, 0.29) is 18.4 Å². The smallest absolute Gasteiger partial charge is 0.251 e. The Morgan fingerprint density at radius 2 is 1.92 bits per heavy atom. The van der Waals surface area contributed by atoms with Crippen molar-refractivity contribution in [2.45, 2.75) is 25.8 Å². The molecule has 1 fully saturated rings. The topological polar surface area (TPSA) is 70.2 Å². The van der Waals surface area contributed by atoms with Crippen molar-refractivity contribution in [2.75, 3.05) is 17.2 Å². The number of hydrogen-bond acceptors (Lipinski definition) is 3. The van der Waals surface area contributed by atoms with Crippen LogP contribution in [0, 0.1) is 6.92 Å². The van der Waals surface area contributed by atoms with E-state index in [2.05, 4.69) is 16.0 Å². The van der Waals surface area contributed by atoms with Gasteiger partial charge in [-0.3, -0.25) is 9.59 Å². The van der Waals surface area contributed by atoms with Crippen LogP contribution in [0.3, 0.4) is 0 Å². The van der Waals surface area contributed by atoms with Crippen LogP contribution in [0.2, 0.25) is 5.02 Å². The number of carbonyl (C=O) groups excluding carboxylic acids is 2. The largest absolute Gasteiger partial charge is 0.376 e. The van der Waals surface area contributed by atoms with Crippen LogP contribution in [0.25, 0.3) is 0 Å². The van der Waals surface area contributed by atoms with Crippen LogP contribution in [-0.2, 0) is 4.79 Å². The predicted molar refractivity (Wildman–Crippen MR) is 100 cm³/mol. The molecule has 0 unspecified atom stereocenters. The van der Waals surface area contributed by atoms with Crippen LogP contribution in [-0.4, -0.2) is 24.4 Å². The number of hydrogen-bond donors (Lipinski definition) is 3. The van der Waals surface area contributed by atoms with Crippen LogP contribution < -0.4 is 16.0 Å². The molecule has 0 radical (unpaired) electrons. The van der Waals surface area contributed by atoms with Crippen molar-refractivity contribution in [3.63, 3.8) is 0 Å². The molecule has 6 heteroatoms. The van der Waals surface area contributed by atoms with Crippen molar-refractivity contribution >= 4 is 34.8 Å².